The molecule has 0 atom stereocenters. The zero-order valence-corrected chi connectivity index (χ0v) is 38.1. The molecule has 318 valence electrons. The van der Waals surface area contributed by atoms with E-state index in [-0.39, 0.29) is 0 Å². The number of hydrogen-bond donors (Lipinski definition) is 0. The zero-order valence-electron chi connectivity index (χ0n) is 36.5. The molecular weight excluding hydrogens is 881 g/mol. The van der Waals surface area contributed by atoms with Crippen LogP contribution in [0.25, 0.3) is 144 Å². The Bertz CT molecular complexity index is 4600. The molecule has 0 saturated carbocycles. The second-order valence-corrected chi connectivity index (χ2v) is 19.7. The fraction of sp³-hybridized carbons (Fsp3) is 0. The van der Waals surface area contributed by atoms with Gasteiger partial charge in [0.25, 0.3) is 0 Å². The number of benzene rings is 10. The van der Waals surface area contributed by atoms with Crippen molar-refractivity contribution in [1.82, 2.24) is 9.13 Å². The summed E-state index contributed by atoms with van der Waals surface area (Å²) >= 11 is 3.54. The minimum absolute atomic E-state index is 0.406. The number of nitriles is 1. The average molecular weight is 913 g/mol. The highest BCUT2D eigenvalue weighted by atomic mass is 32.1. The molecule has 0 bridgehead atoms. The van der Waals surface area contributed by atoms with Gasteiger partial charge in [-0.2, -0.15) is 5.26 Å². The largest absolute Gasteiger partial charge is 0.456 e. The van der Waals surface area contributed by atoms with Crippen LogP contribution in [0.3, 0.4) is 0 Å². The molecule has 0 aliphatic carbocycles. The van der Waals surface area contributed by atoms with Gasteiger partial charge in [-0.3, -0.25) is 0 Å². The Morgan fingerprint density at radius 1 is 0.435 bits per heavy atom. The van der Waals surface area contributed by atoms with Crippen molar-refractivity contribution in [2.45, 2.75) is 0 Å². The molecule has 0 radical (unpaired) electrons. The number of fused-ring (bicyclic) bond motifs is 18. The smallest absolute Gasteiger partial charge is 0.221 e. The number of furan rings is 1. The van der Waals surface area contributed by atoms with E-state index in [1.54, 1.807) is 22.7 Å². The highest BCUT2D eigenvalue weighted by Crippen LogP contribution is 2.55. The van der Waals surface area contributed by atoms with Crippen LogP contribution in [0.15, 0.2) is 199 Å². The van der Waals surface area contributed by atoms with Crippen molar-refractivity contribution in [2.24, 2.45) is 0 Å². The van der Waals surface area contributed by atoms with Gasteiger partial charge in [0.2, 0.25) is 5.69 Å². The van der Waals surface area contributed by atoms with Gasteiger partial charge in [0.05, 0.1) is 55.0 Å². The van der Waals surface area contributed by atoms with Crippen LogP contribution in [0.2, 0.25) is 0 Å². The molecule has 10 aromatic carbocycles. The Morgan fingerprint density at radius 2 is 0.971 bits per heavy atom. The average Bonchev–Trinajstić information content (AvgIpc) is 4.22. The molecule has 69 heavy (non-hydrogen) atoms. The van der Waals surface area contributed by atoms with E-state index in [0.717, 1.165) is 114 Å². The van der Waals surface area contributed by atoms with Crippen LogP contribution in [-0.2, 0) is 0 Å². The predicted octanol–water partition coefficient (Wildman–Crippen LogP) is 18.3. The van der Waals surface area contributed by atoms with Crippen LogP contribution in [0.5, 0.6) is 0 Å². The Balaban J connectivity index is 1.22. The van der Waals surface area contributed by atoms with E-state index >= 15 is 0 Å². The Labute approximate surface area is 401 Å². The van der Waals surface area contributed by atoms with Gasteiger partial charge in [0.1, 0.15) is 17.2 Å². The molecule has 5 nitrogen and oxygen atoms in total. The molecule has 0 N–H and O–H groups in total. The number of nitrogens with zero attached hydrogens (tertiary/aromatic N) is 4. The Hall–Kier alpha value is -8.98. The quantitative estimate of drug-likeness (QED) is 0.165. The van der Waals surface area contributed by atoms with Gasteiger partial charge in [-0.25, -0.2) is 4.85 Å². The maximum Gasteiger partial charge on any atom is 0.221 e. The number of para-hydroxylation sites is 2. The summed E-state index contributed by atoms with van der Waals surface area (Å²) in [6.07, 6.45) is 0. The molecule has 0 unspecified atom stereocenters. The van der Waals surface area contributed by atoms with E-state index in [0.29, 0.717) is 16.9 Å². The molecule has 0 spiro atoms. The summed E-state index contributed by atoms with van der Waals surface area (Å²) in [5.41, 5.74) is 11.0. The minimum Gasteiger partial charge on any atom is -0.456 e. The predicted molar refractivity (Wildman–Crippen MR) is 290 cm³/mol. The van der Waals surface area contributed by atoms with Crippen molar-refractivity contribution in [2.75, 3.05) is 0 Å². The van der Waals surface area contributed by atoms with Crippen molar-refractivity contribution in [3.63, 3.8) is 0 Å². The van der Waals surface area contributed by atoms with E-state index in [9.17, 15) is 11.8 Å². The van der Waals surface area contributed by atoms with Crippen LogP contribution < -0.4 is 0 Å². The van der Waals surface area contributed by atoms with Gasteiger partial charge in [-0.1, -0.05) is 158 Å². The van der Waals surface area contributed by atoms with E-state index in [4.69, 9.17) is 4.42 Å². The SMILES string of the molecule is [C-]#[N+]c1c(-c2ccccc2)c(-n2c3ccccc3c3c4c(ccc32)oc2ccccc24)c(-c2ccccc2)c(C#N)c1-n1c2c(ccc3c4ccccc4sc32)c2ccc3c4ccccc4sc3c21. The molecule has 5 heterocycles. The van der Waals surface area contributed by atoms with E-state index < -0.39 is 0 Å². The first kappa shape index (κ1) is 38.2. The van der Waals surface area contributed by atoms with Crippen molar-refractivity contribution in [3.05, 3.63) is 211 Å². The molecule has 15 rings (SSSR count). The van der Waals surface area contributed by atoms with Crippen molar-refractivity contribution in [1.29, 1.82) is 5.26 Å². The van der Waals surface area contributed by atoms with Crippen LogP contribution >= 0.6 is 22.7 Å². The third kappa shape index (κ3) is 5.10. The van der Waals surface area contributed by atoms with Crippen LogP contribution in [0.1, 0.15) is 5.56 Å². The van der Waals surface area contributed by atoms with Gasteiger partial charge in [-0.15, -0.1) is 22.7 Å². The van der Waals surface area contributed by atoms with Gasteiger partial charge >= 0.3 is 0 Å². The molecular formula is C62H32N4OS2. The molecule has 0 amide bonds. The standard InChI is InChI=1S/C62H32N4OS2/c1-64-56-53(36-18-6-3-7-19-36)60(65-46-24-12-8-22-43(46)54-47(65)32-33-49-55(54)44-23-9-13-25-48(44)67-49)52(35-16-4-2-5-17-35)45(34-63)57(56)66-58-39(28-30-41-37-20-10-14-26-50(37)68-61(41)58)40-29-31-42-38-21-11-15-27-51(38)69-62(42)59(40)66/h2-33H. The highest BCUT2D eigenvalue weighted by Gasteiger charge is 2.33. The summed E-state index contributed by atoms with van der Waals surface area (Å²) in [6.45, 7) is 9.55. The second kappa shape index (κ2) is 14.3. The fourth-order valence-corrected chi connectivity index (χ4v) is 13.9. The van der Waals surface area contributed by atoms with Gasteiger partial charge in [0, 0.05) is 74.4 Å². The van der Waals surface area contributed by atoms with Gasteiger partial charge in [-0.05, 0) is 47.5 Å². The van der Waals surface area contributed by atoms with E-state index in [1.165, 1.54) is 20.2 Å². The number of thiophene rings is 2. The highest BCUT2D eigenvalue weighted by molar-refractivity contribution is 7.27. The molecule has 15 aromatic rings. The second-order valence-electron chi connectivity index (χ2n) is 17.6. The van der Waals surface area contributed by atoms with Crippen LogP contribution in [-0.4, -0.2) is 9.13 Å². The lowest BCUT2D eigenvalue weighted by Gasteiger charge is -2.25. The monoisotopic (exact) mass is 912 g/mol. The van der Waals surface area contributed by atoms with Crippen molar-refractivity contribution < 1.29 is 4.42 Å². The summed E-state index contributed by atoms with van der Waals surface area (Å²) < 4.78 is 15.8. The number of hydrogen-bond acceptors (Lipinski definition) is 4. The Kier molecular flexibility index (Phi) is 7.89. The van der Waals surface area contributed by atoms with E-state index in [1.807, 2.05) is 48.5 Å². The first-order chi connectivity index (χ1) is 34.2. The van der Waals surface area contributed by atoms with Crippen molar-refractivity contribution >= 4 is 134 Å². The van der Waals surface area contributed by atoms with Gasteiger partial charge in [0.15, 0.2) is 0 Å². The van der Waals surface area contributed by atoms with Crippen molar-refractivity contribution in [3.8, 4) is 39.7 Å². The first-order valence-electron chi connectivity index (χ1n) is 22.9. The lowest BCUT2D eigenvalue weighted by molar-refractivity contribution is 0.669. The Morgan fingerprint density at radius 3 is 1.59 bits per heavy atom. The lowest BCUT2D eigenvalue weighted by Crippen LogP contribution is -2.08. The molecule has 0 aliphatic rings. The maximum atomic E-state index is 12.2. The zero-order chi connectivity index (χ0) is 45.5. The fourth-order valence-electron chi connectivity index (χ4n) is 11.4. The molecule has 0 fully saturated rings. The third-order valence-corrected chi connectivity index (χ3v) is 16.6. The molecule has 5 aromatic heterocycles. The third-order valence-electron chi connectivity index (χ3n) is 14.2. The number of rotatable bonds is 4. The van der Waals surface area contributed by atoms with Gasteiger partial charge < -0.3 is 13.6 Å². The first-order valence-corrected chi connectivity index (χ1v) is 24.5. The van der Waals surface area contributed by atoms with Crippen LogP contribution in [0.4, 0.5) is 5.69 Å². The molecule has 0 aliphatic heterocycles. The molecule has 7 heteroatoms. The summed E-state index contributed by atoms with van der Waals surface area (Å²) in [6, 6.07) is 70.6. The minimum atomic E-state index is 0.406. The van der Waals surface area contributed by atoms with E-state index in [2.05, 4.69) is 166 Å². The summed E-state index contributed by atoms with van der Waals surface area (Å²) in [7, 11) is 0. The summed E-state index contributed by atoms with van der Waals surface area (Å²) in [4.78, 5) is 4.68. The molecule has 0 saturated heterocycles. The topological polar surface area (TPSA) is 51.1 Å². The normalized spacial score (nSPS) is 12.0. The summed E-state index contributed by atoms with van der Waals surface area (Å²) in [5, 5.41) is 23.2. The van der Waals surface area contributed by atoms with Crippen LogP contribution in [0, 0.1) is 17.9 Å². The number of aromatic nitrogens is 2. The maximum absolute atomic E-state index is 12.2. The lowest BCUT2D eigenvalue weighted by atomic mass is 9.88. The summed E-state index contributed by atoms with van der Waals surface area (Å²) in [5.74, 6) is 0.